The van der Waals surface area contributed by atoms with Crippen LogP contribution in [0.25, 0.3) is 0 Å². The number of amides is 1. The van der Waals surface area contributed by atoms with Crippen LogP contribution < -0.4 is 11.1 Å². The van der Waals surface area contributed by atoms with Crippen LogP contribution in [0.3, 0.4) is 0 Å². The number of carbonyl (C=O) groups is 1. The van der Waals surface area contributed by atoms with E-state index >= 15 is 0 Å². The van der Waals surface area contributed by atoms with Crippen molar-refractivity contribution in [1.82, 2.24) is 5.32 Å². The molecule has 0 aliphatic heterocycles. The molecule has 2 atom stereocenters. The average molecular weight is 264 g/mol. The van der Waals surface area contributed by atoms with E-state index in [1.54, 1.807) is 0 Å². The van der Waals surface area contributed by atoms with E-state index in [9.17, 15) is 4.79 Å². The molecule has 4 heteroatoms. The van der Waals surface area contributed by atoms with Crippen LogP contribution in [0.2, 0.25) is 0 Å². The molecule has 4 nitrogen and oxygen atoms in total. The molecule has 2 rings (SSSR count). The quantitative estimate of drug-likeness (QED) is 0.881. The summed E-state index contributed by atoms with van der Waals surface area (Å²) in [6, 6.07) is 1.62. The first-order valence-electron chi connectivity index (χ1n) is 6.97. The number of furan rings is 1. The van der Waals surface area contributed by atoms with Gasteiger partial charge in [0.25, 0.3) is 0 Å². The van der Waals surface area contributed by atoms with E-state index < -0.39 is 6.04 Å². The predicted octanol–water partition coefficient (Wildman–Crippen LogP) is 2.46. The fourth-order valence-electron chi connectivity index (χ4n) is 2.78. The molecule has 1 heterocycles. The number of nitrogens with one attached hydrogen (secondary N) is 1. The summed E-state index contributed by atoms with van der Waals surface area (Å²) in [6.45, 7) is 8.27. The Morgan fingerprint density at radius 2 is 2.32 bits per heavy atom. The third-order valence-electron chi connectivity index (χ3n) is 3.83. The Morgan fingerprint density at radius 3 is 2.95 bits per heavy atom. The highest BCUT2D eigenvalue weighted by Gasteiger charge is 2.35. The average Bonchev–Trinajstić information content (AvgIpc) is 2.66. The molecule has 1 aliphatic carbocycles. The highest BCUT2D eigenvalue weighted by molar-refractivity contribution is 5.81. The molecule has 1 aliphatic rings. The second-order valence-electron chi connectivity index (χ2n) is 6.36. The lowest BCUT2D eigenvalue weighted by Gasteiger charge is -2.35. The SMILES string of the molecule is CC[C@H](N)C(=O)NC1CC(C)(C)Cc2oc(C)cc21. The summed E-state index contributed by atoms with van der Waals surface area (Å²) in [6.07, 6.45) is 2.49. The first-order valence-corrected chi connectivity index (χ1v) is 6.97. The van der Waals surface area contributed by atoms with Crippen LogP contribution in [0.15, 0.2) is 10.5 Å². The van der Waals surface area contributed by atoms with Gasteiger partial charge in [-0.15, -0.1) is 0 Å². The van der Waals surface area contributed by atoms with Crippen molar-refractivity contribution < 1.29 is 9.21 Å². The van der Waals surface area contributed by atoms with Gasteiger partial charge in [-0.1, -0.05) is 20.8 Å². The largest absolute Gasteiger partial charge is 0.466 e. The second-order valence-corrected chi connectivity index (χ2v) is 6.36. The Balaban J connectivity index is 2.22. The fraction of sp³-hybridized carbons (Fsp3) is 0.667. The topological polar surface area (TPSA) is 68.3 Å². The summed E-state index contributed by atoms with van der Waals surface area (Å²) in [4.78, 5) is 12.0. The standard InChI is InChI=1S/C15H24N2O2/c1-5-11(16)14(18)17-12-7-15(3,4)8-13-10(12)6-9(2)19-13/h6,11-12H,5,7-8,16H2,1-4H3,(H,17,18)/t11-,12?/m0/s1. The van der Waals surface area contributed by atoms with Gasteiger partial charge in [0.1, 0.15) is 11.5 Å². The zero-order chi connectivity index (χ0) is 14.2. The third kappa shape index (κ3) is 3.00. The molecule has 1 amide bonds. The highest BCUT2D eigenvalue weighted by atomic mass is 16.3. The van der Waals surface area contributed by atoms with Crippen molar-refractivity contribution in [2.45, 2.75) is 59.0 Å². The fourth-order valence-corrected chi connectivity index (χ4v) is 2.78. The monoisotopic (exact) mass is 264 g/mol. The van der Waals surface area contributed by atoms with Gasteiger partial charge in [0.05, 0.1) is 12.1 Å². The van der Waals surface area contributed by atoms with Gasteiger partial charge in [-0.3, -0.25) is 4.79 Å². The van der Waals surface area contributed by atoms with Crippen molar-refractivity contribution in [2.75, 3.05) is 0 Å². The summed E-state index contributed by atoms with van der Waals surface area (Å²) in [5.74, 6) is 1.83. The van der Waals surface area contributed by atoms with E-state index in [0.717, 1.165) is 29.9 Å². The molecule has 1 aromatic heterocycles. The summed E-state index contributed by atoms with van der Waals surface area (Å²) >= 11 is 0. The normalized spacial score (nSPS) is 22.7. The van der Waals surface area contributed by atoms with E-state index in [0.29, 0.717) is 6.42 Å². The third-order valence-corrected chi connectivity index (χ3v) is 3.83. The number of hydrogen-bond acceptors (Lipinski definition) is 3. The molecule has 0 saturated carbocycles. The van der Waals surface area contributed by atoms with Crippen molar-refractivity contribution in [3.8, 4) is 0 Å². The molecular formula is C15H24N2O2. The van der Waals surface area contributed by atoms with Crippen LogP contribution in [-0.2, 0) is 11.2 Å². The predicted molar refractivity (Wildman–Crippen MR) is 74.7 cm³/mol. The lowest BCUT2D eigenvalue weighted by molar-refractivity contribution is -0.123. The Hall–Kier alpha value is -1.29. The number of rotatable bonds is 3. The minimum Gasteiger partial charge on any atom is -0.466 e. The minimum atomic E-state index is -0.429. The van der Waals surface area contributed by atoms with Crippen molar-refractivity contribution in [2.24, 2.45) is 11.1 Å². The zero-order valence-electron chi connectivity index (χ0n) is 12.2. The first kappa shape index (κ1) is 14.1. The zero-order valence-corrected chi connectivity index (χ0v) is 12.2. The lowest BCUT2D eigenvalue weighted by atomic mass is 9.74. The summed E-state index contributed by atoms with van der Waals surface area (Å²) in [5, 5.41) is 3.07. The van der Waals surface area contributed by atoms with E-state index in [1.807, 2.05) is 19.9 Å². The van der Waals surface area contributed by atoms with Crippen molar-refractivity contribution >= 4 is 5.91 Å². The molecule has 0 fully saturated rings. The van der Waals surface area contributed by atoms with Gasteiger partial charge >= 0.3 is 0 Å². The van der Waals surface area contributed by atoms with Gasteiger partial charge in [-0.05, 0) is 31.2 Å². The van der Waals surface area contributed by atoms with Gasteiger partial charge < -0.3 is 15.5 Å². The number of aryl methyl sites for hydroxylation is 1. The lowest BCUT2D eigenvalue weighted by Crippen LogP contribution is -2.44. The van der Waals surface area contributed by atoms with Crippen molar-refractivity contribution in [3.05, 3.63) is 23.2 Å². The van der Waals surface area contributed by atoms with Crippen LogP contribution in [-0.4, -0.2) is 11.9 Å². The Bertz CT molecular complexity index is 476. The number of fused-ring (bicyclic) bond motifs is 1. The number of hydrogen-bond donors (Lipinski definition) is 2. The van der Waals surface area contributed by atoms with Crippen LogP contribution >= 0.6 is 0 Å². The van der Waals surface area contributed by atoms with Crippen LogP contribution in [0, 0.1) is 12.3 Å². The van der Waals surface area contributed by atoms with E-state index in [1.165, 1.54) is 0 Å². The molecular weight excluding hydrogens is 240 g/mol. The first-order chi connectivity index (χ1) is 8.82. The van der Waals surface area contributed by atoms with Gasteiger partial charge in [0.15, 0.2) is 0 Å². The number of nitrogens with two attached hydrogens (primary N) is 1. The highest BCUT2D eigenvalue weighted by Crippen LogP contribution is 2.41. The molecule has 0 radical (unpaired) electrons. The maximum atomic E-state index is 12.0. The van der Waals surface area contributed by atoms with Gasteiger partial charge in [-0.25, -0.2) is 0 Å². The van der Waals surface area contributed by atoms with Crippen molar-refractivity contribution in [1.29, 1.82) is 0 Å². The second kappa shape index (κ2) is 5.00. The summed E-state index contributed by atoms with van der Waals surface area (Å²) in [7, 11) is 0. The molecule has 0 spiro atoms. The van der Waals surface area contributed by atoms with Crippen LogP contribution in [0.1, 0.15) is 56.7 Å². The van der Waals surface area contributed by atoms with Crippen LogP contribution in [0.4, 0.5) is 0 Å². The maximum absolute atomic E-state index is 12.0. The van der Waals surface area contributed by atoms with Crippen molar-refractivity contribution in [3.63, 3.8) is 0 Å². The Morgan fingerprint density at radius 1 is 1.63 bits per heavy atom. The molecule has 1 unspecified atom stereocenters. The van der Waals surface area contributed by atoms with Gasteiger partial charge in [-0.2, -0.15) is 0 Å². The van der Waals surface area contributed by atoms with E-state index in [-0.39, 0.29) is 17.4 Å². The number of carbonyl (C=O) groups excluding carboxylic acids is 1. The minimum absolute atomic E-state index is 0.0151. The van der Waals surface area contributed by atoms with Gasteiger partial charge in [0, 0.05) is 12.0 Å². The maximum Gasteiger partial charge on any atom is 0.237 e. The Labute approximate surface area is 114 Å². The van der Waals surface area contributed by atoms with Gasteiger partial charge in [0.2, 0.25) is 5.91 Å². The molecule has 0 bridgehead atoms. The van der Waals surface area contributed by atoms with E-state index in [4.69, 9.17) is 10.2 Å². The summed E-state index contributed by atoms with van der Waals surface area (Å²) < 4.78 is 5.76. The van der Waals surface area contributed by atoms with E-state index in [2.05, 4.69) is 19.2 Å². The molecule has 3 N–H and O–H groups in total. The molecule has 106 valence electrons. The van der Waals surface area contributed by atoms with Crippen LogP contribution in [0.5, 0.6) is 0 Å². The molecule has 0 saturated heterocycles. The smallest absolute Gasteiger partial charge is 0.237 e. The Kier molecular flexibility index (Phi) is 3.72. The summed E-state index contributed by atoms with van der Waals surface area (Å²) in [5.41, 5.74) is 7.04. The molecule has 1 aromatic rings. The molecule has 19 heavy (non-hydrogen) atoms. The molecule has 0 aromatic carbocycles.